The van der Waals surface area contributed by atoms with Gasteiger partial charge in [0.2, 0.25) is 0 Å². The fourth-order valence-corrected chi connectivity index (χ4v) is 2.88. The number of nitrogens with one attached hydrogen (secondary N) is 1. The first kappa shape index (κ1) is 14.4. The summed E-state index contributed by atoms with van der Waals surface area (Å²) in [5.41, 5.74) is 2.37. The molecule has 2 aromatic rings. The molecule has 1 aliphatic rings. The molecule has 110 valence electrons. The van der Waals surface area contributed by atoms with E-state index < -0.39 is 0 Å². The van der Waals surface area contributed by atoms with Crippen LogP contribution < -0.4 is 5.32 Å². The molecule has 0 unspecified atom stereocenters. The topological polar surface area (TPSA) is 37.8 Å². The summed E-state index contributed by atoms with van der Waals surface area (Å²) in [7, 11) is 0. The van der Waals surface area contributed by atoms with Crippen molar-refractivity contribution in [2.24, 2.45) is 0 Å². The van der Waals surface area contributed by atoms with Crippen LogP contribution in [0, 0.1) is 12.7 Å². The lowest BCUT2D eigenvalue weighted by molar-refractivity contribution is 0.619. The second-order valence-electron chi connectivity index (χ2n) is 5.36. The van der Waals surface area contributed by atoms with Crippen LogP contribution in [0.3, 0.4) is 0 Å². The molecule has 0 aliphatic heterocycles. The van der Waals surface area contributed by atoms with Crippen LogP contribution in [0.5, 0.6) is 0 Å². The molecular weight excluding hydrogens is 333 g/mol. The largest absolute Gasteiger partial charge is 0.369 e. The van der Waals surface area contributed by atoms with Crippen LogP contribution in [0.15, 0.2) is 22.7 Å². The third-order valence-electron chi connectivity index (χ3n) is 3.62. The minimum atomic E-state index is -0.225. The summed E-state index contributed by atoms with van der Waals surface area (Å²) in [6, 6.07) is 5.14. The van der Waals surface area contributed by atoms with Crippen LogP contribution in [0.2, 0.25) is 0 Å². The highest BCUT2D eigenvalue weighted by molar-refractivity contribution is 9.10. The first-order chi connectivity index (χ1) is 10.1. The molecule has 1 aliphatic carbocycles. The third-order valence-corrected chi connectivity index (χ3v) is 4.40. The van der Waals surface area contributed by atoms with E-state index in [-0.39, 0.29) is 5.82 Å². The average Bonchev–Trinajstić information content (AvgIpc) is 3.29. The molecule has 0 atom stereocenters. The predicted octanol–water partition coefficient (Wildman–Crippen LogP) is 4.66. The lowest BCUT2D eigenvalue weighted by atomic mass is 10.1. The molecule has 5 heteroatoms. The average molecular weight is 350 g/mol. The first-order valence-corrected chi connectivity index (χ1v) is 7.97. The van der Waals surface area contributed by atoms with Crippen molar-refractivity contribution in [2.75, 3.05) is 11.9 Å². The lowest BCUT2D eigenvalue weighted by Gasteiger charge is -2.12. The summed E-state index contributed by atoms with van der Waals surface area (Å²) in [6.45, 7) is 4.55. The Kier molecular flexibility index (Phi) is 3.93. The highest BCUT2D eigenvalue weighted by Gasteiger charge is 2.29. The zero-order chi connectivity index (χ0) is 15.0. The van der Waals surface area contributed by atoms with Gasteiger partial charge in [0.1, 0.15) is 11.6 Å². The molecule has 0 saturated heterocycles. The zero-order valence-corrected chi connectivity index (χ0v) is 13.7. The summed E-state index contributed by atoms with van der Waals surface area (Å²) in [6.07, 6.45) is 2.31. The Morgan fingerprint density at radius 3 is 2.71 bits per heavy atom. The van der Waals surface area contributed by atoms with Gasteiger partial charge in [0.05, 0.1) is 10.2 Å². The molecule has 1 heterocycles. The van der Waals surface area contributed by atoms with Crippen molar-refractivity contribution in [1.29, 1.82) is 0 Å². The molecular formula is C16H17BrFN3. The van der Waals surface area contributed by atoms with Crippen LogP contribution >= 0.6 is 15.9 Å². The molecule has 3 nitrogen and oxygen atoms in total. The third kappa shape index (κ3) is 2.93. The number of rotatable bonds is 4. The van der Waals surface area contributed by atoms with Gasteiger partial charge in [-0.2, -0.15) is 0 Å². The Hall–Kier alpha value is -1.49. The van der Waals surface area contributed by atoms with E-state index in [2.05, 4.69) is 31.2 Å². The van der Waals surface area contributed by atoms with Crippen LogP contribution in [0.1, 0.15) is 36.9 Å². The highest BCUT2D eigenvalue weighted by Crippen LogP contribution is 2.44. The fraction of sp³-hybridized carbons (Fsp3) is 0.375. The summed E-state index contributed by atoms with van der Waals surface area (Å²) in [4.78, 5) is 9.19. The molecule has 1 N–H and O–H groups in total. The van der Waals surface area contributed by atoms with Crippen molar-refractivity contribution >= 4 is 21.7 Å². The number of halogens is 2. The maximum atomic E-state index is 13.8. The molecule has 3 rings (SSSR count). The predicted molar refractivity (Wildman–Crippen MR) is 86.0 cm³/mol. The smallest absolute Gasteiger partial charge is 0.161 e. The molecule has 21 heavy (non-hydrogen) atoms. The molecule has 1 saturated carbocycles. The van der Waals surface area contributed by atoms with Gasteiger partial charge < -0.3 is 5.32 Å². The maximum absolute atomic E-state index is 13.8. The molecule has 1 aromatic carbocycles. The van der Waals surface area contributed by atoms with Crippen LogP contribution in [-0.4, -0.2) is 16.5 Å². The van der Waals surface area contributed by atoms with Crippen LogP contribution in [0.4, 0.5) is 10.2 Å². The standard InChI is InChI=1S/C16H17BrFN3/c1-3-19-16-13(17)14(10-6-7-10)20-15(21-16)11-5-4-9(2)12(18)8-11/h4-5,8,10H,3,6-7H2,1-2H3,(H,19,20,21). The van der Waals surface area contributed by atoms with Crippen molar-refractivity contribution < 1.29 is 4.39 Å². The summed E-state index contributed by atoms with van der Waals surface area (Å²) in [5.74, 6) is 1.63. The highest BCUT2D eigenvalue weighted by atomic mass is 79.9. The number of hydrogen-bond acceptors (Lipinski definition) is 3. The Bertz CT molecular complexity index is 683. The van der Waals surface area contributed by atoms with Crippen molar-refractivity contribution in [3.63, 3.8) is 0 Å². The zero-order valence-electron chi connectivity index (χ0n) is 12.1. The van der Waals surface area contributed by atoms with Gasteiger partial charge in [-0.1, -0.05) is 12.1 Å². The van der Waals surface area contributed by atoms with E-state index in [0.717, 1.165) is 35.4 Å². The Labute approximate surface area is 132 Å². The van der Waals surface area contributed by atoms with Gasteiger partial charge in [-0.05, 0) is 54.2 Å². The second-order valence-corrected chi connectivity index (χ2v) is 6.16. The van der Waals surface area contributed by atoms with Gasteiger partial charge in [-0.3, -0.25) is 0 Å². The molecule has 0 radical (unpaired) electrons. The van der Waals surface area contributed by atoms with Gasteiger partial charge in [-0.15, -0.1) is 0 Å². The minimum absolute atomic E-state index is 0.225. The number of nitrogens with zero attached hydrogens (tertiary/aromatic N) is 2. The van der Waals surface area contributed by atoms with Crippen LogP contribution in [-0.2, 0) is 0 Å². The van der Waals surface area contributed by atoms with Crippen molar-refractivity contribution in [3.8, 4) is 11.4 Å². The SMILES string of the molecule is CCNc1nc(-c2ccc(C)c(F)c2)nc(C2CC2)c1Br. The molecule has 0 bridgehead atoms. The number of benzene rings is 1. The van der Waals surface area contributed by atoms with Gasteiger partial charge in [0.15, 0.2) is 5.82 Å². The Morgan fingerprint density at radius 2 is 2.10 bits per heavy atom. The normalized spacial score (nSPS) is 14.3. The van der Waals surface area contributed by atoms with E-state index in [0.29, 0.717) is 22.9 Å². The minimum Gasteiger partial charge on any atom is -0.369 e. The van der Waals surface area contributed by atoms with Crippen molar-refractivity contribution in [3.05, 3.63) is 39.7 Å². The number of anilines is 1. The number of hydrogen-bond donors (Lipinski definition) is 1. The molecule has 1 aromatic heterocycles. The van der Waals surface area contributed by atoms with E-state index in [1.807, 2.05) is 13.0 Å². The van der Waals surface area contributed by atoms with Gasteiger partial charge in [0.25, 0.3) is 0 Å². The van der Waals surface area contributed by atoms with E-state index >= 15 is 0 Å². The summed E-state index contributed by atoms with van der Waals surface area (Å²) < 4.78 is 14.7. The van der Waals surface area contributed by atoms with Crippen molar-refractivity contribution in [2.45, 2.75) is 32.6 Å². The van der Waals surface area contributed by atoms with Gasteiger partial charge in [0, 0.05) is 18.0 Å². The van der Waals surface area contributed by atoms with Crippen molar-refractivity contribution in [1.82, 2.24) is 9.97 Å². The van der Waals surface area contributed by atoms with E-state index in [4.69, 9.17) is 0 Å². The summed E-state index contributed by atoms with van der Waals surface area (Å²) in [5, 5.41) is 3.24. The quantitative estimate of drug-likeness (QED) is 0.871. The van der Waals surface area contributed by atoms with E-state index in [1.54, 1.807) is 13.0 Å². The monoisotopic (exact) mass is 349 g/mol. The lowest BCUT2D eigenvalue weighted by Crippen LogP contribution is -2.06. The van der Waals surface area contributed by atoms with E-state index in [1.165, 1.54) is 6.07 Å². The molecule has 0 amide bonds. The van der Waals surface area contributed by atoms with Gasteiger partial charge in [-0.25, -0.2) is 14.4 Å². The maximum Gasteiger partial charge on any atom is 0.161 e. The number of aromatic nitrogens is 2. The Morgan fingerprint density at radius 1 is 1.33 bits per heavy atom. The molecule has 0 spiro atoms. The molecule has 1 fully saturated rings. The van der Waals surface area contributed by atoms with Gasteiger partial charge >= 0.3 is 0 Å². The second kappa shape index (κ2) is 5.72. The van der Waals surface area contributed by atoms with Crippen LogP contribution in [0.25, 0.3) is 11.4 Å². The Balaban J connectivity index is 2.10. The first-order valence-electron chi connectivity index (χ1n) is 7.18. The summed E-state index contributed by atoms with van der Waals surface area (Å²) >= 11 is 3.59. The number of aryl methyl sites for hydroxylation is 1. The fourth-order valence-electron chi connectivity index (χ4n) is 2.24. The van der Waals surface area contributed by atoms with E-state index in [9.17, 15) is 4.39 Å².